The van der Waals surface area contributed by atoms with Gasteiger partial charge in [0.15, 0.2) is 5.82 Å². The summed E-state index contributed by atoms with van der Waals surface area (Å²) in [6.07, 6.45) is 1.55. The first kappa shape index (κ1) is 22.1. The molecule has 0 radical (unpaired) electrons. The molecule has 31 heavy (non-hydrogen) atoms. The fraction of sp³-hybridized carbons (Fsp3) is 0.429. The summed E-state index contributed by atoms with van der Waals surface area (Å²) >= 11 is 0.815. The second-order valence-electron chi connectivity index (χ2n) is 8.02. The van der Waals surface area contributed by atoms with Crippen LogP contribution in [0.15, 0.2) is 41.7 Å². The van der Waals surface area contributed by atoms with Gasteiger partial charge in [0.25, 0.3) is 0 Å². The molecule has 2 N–H and O–H groups in total. The zero-order chi connectivity index (χ0) is 21.8. The number of fused-ring (bicyclic) bond motifs is 1. The van der Waals surface area contributed by atoms with Gasteiger partial charge in [-0.3, -0.25) is 0 Å². The highest BCUT2D eigenvalue weighted by Gasteiger charge is 2.26. The van der Waals surface area contributed by atoms with Crippen LogP contribution in [0.2, 0.25) is 0 Å². The molecule has 1 aliphatic heterocycles. The molecule has 0 aliphatic carbocycles. The Morgan fingerprint density at radius 3 is 2.58 bits per heavy atom. The summed E-state index contributed by atoms with van der Waals surface area (Å²) in [5.74, 6) is 3.11. The third-order valence-electron chi connectivity index (χ3n) is 4.97. The Morgan fingerprint density at radius 2 is 1.87 bits per heavy atom. The van der Waals surface area contributed by atoms with Crippen LogP contribution < -0.4 is 10.2 Å². The summed E-state index contributed by atoms with van der Waals surface area (Å²) in [6, 6.07) is 10.2. The first-order valence-corrected chi connectivity index (χ1v) is 12.6. The predicted octanol–water partition coefficient (Wildman–Crippen LogP) is 2.46. The molecule has 3 aromatic rings. The number of nitrogens with zero attached hydrogens (tertiary/aromatic N) is 5. The third-order valence-corrected chi connectivity index (χ3v) is 7.30. The number of rotatable bonds is 7. The van der Waals surface area contributed by atoms with E-state index in [0.29, 0.717) is 47.4 Å². The van der Waals surface area contributed by atoms with Gasteiger partial charge in [0.1, 0.15) is 33.9 Å². The first-order valence-electron chi connectivity index (χ1n) is 10.1. The molecule has 0 spiro atoms. The molecule has 1 aromatic carbocycles. The minimum atomic E-state index is -0.790. The Labute approximate surface area is 189 Å². The standard InChI is InChI=1S/C21H26N6O2S2/c1-21(2,13-28)26-20-24-17-16(18(25-20)27-8-10-31(29)11-9-27)22-14-23-19(17)30-12-15-6-4-3-5-7-15/h3-7,14,28H,8-13H2,1-2H3,(H,24,25,26). The van der Waals surface area contributed by atoms with E-state index in [0.717, 1.165) is 10.8 Å². The molecule has 1 saturated heterocycles. The molecule has 8 nitrogen and oxygen atoms in total. The molecular formula is C21H26N6O2S2. The molecule has 0 bridgehead atoms. The van der Waals surface area contributed by atoms with Crippen LogP contribution in [-0.4, -0.2) is 66.3 Å². The van der Waals surface area contributed by atoms with E-state index in [-0.39, 0.29) is 6.61 Å². The fourth-order valence-electron chi connectivity index (χ4n) is 3.21. The van der Waals surface area contributed by atoms with Crippen molar-refractivity contribution in [1.82, 2.24) is 19.9 Å². The number of nitrogens with one attached hydrogen (secondary N) is 1. The highest BCUT2D eigenvalue weighted by Crippen LogP contribution is 2.32. The third kappa shape index (κ3) is 5.38. The summed E-state index contributed by atoms with van der Waals surface area (Å²) in [5.41, 5.74) is 1.98. The maximum absolute atomic E-state index is 11.9. The lowest BCUT2D eigenvalue weighted by molar-refractivity contribution is 0.233. The van der Waals surface area contributed by atoms with Crippen molar-refractivity contribution in [3.8, 4) is 0 Å². The molecule has 0 amide bonds. The molecular weight excluding hydrogens is 432 g/mol. The Morgan fingerprint density at radius 1 is 1.13 bits per heavy atom. The highest BCUT2D eigenvalue weighted by atomic mass is 32.2. The van der Waals surface area contributed by atoms with E-state index in [1.807, 2.05) is 32.0 Å². The average molecular weight is 459 g/mol. The molecule has 0 atom stereocenters. The molecule has 2 aromatic heterocycles. The van der Waals surface area contributed by atoms with Gasteiger partial charge in [-0.05, 0) is 19.4 Å². The summed E-state index contributed by atoms with van der Waals surface area (Å²) < 4.78 is 11.9. The van der Waals surface area contributed by atoms with Crippen LogP contribution >= 0.6 is 11.8 Å². The topological polar surface area (TPSA) is 110 Å². The Hall–Kier alpha value is -2.14. The van der Waals surface area contributed by atoms with Crippen molar-refractivity contribution in [3.05, 3.63) is 42.2 Å². The summed E-state index contributed by atoms with van der Waals surface area (Å²) in [5, 5.41) is 13.7. The normalized spacial score (nSPS) is 15.4. The summed E-state index contributed by atoms with van der Waals surface area (Å²) in [4.78, 5) is 20.6. The smallest absolute Gasteiger partial charge is 0.225 e. The van der Waals surface area contributed by atoms with Crippen molar-refractivity contribution in [1.29, 1.82) is 0 Å². The lowest BCUT2D eigenvalue weighted by Gasteiger charge is -2.30. The summed E-state index contributed by atoms with van der Waals surface area (Å²) in [7, 11) is 0. The number of aliphatic hydroxyl groups is 1. The first-order chi connectivity index (χ1) is 14.9. The van der Waals surface area contributed by atoms with E-state index in [1.165, 1.54) is 5.56 Å². The van der Waals surface area contributed by atoms with E-state index < -0.39 is 16.7 Å². The van der Waals surface area contributed by atoms with Gasteiger partial charge in [0.2, 0.25) is 5.95 Å². The van der Waals surface area contributed by atoms with Gasteiger partial charge < -0.3 is 19.9 Å². The number of benzene rings is 1. The number of anilines is 2. The Bertz CT molecular complexity index is 1030. The van der Waals surface area contributed by atoms with Crippen molar-refractivity contribution >= 4 is 45.7 Å². The van der Waals surface area contributed by atoms with Crippen molar-refractivity contribution in [3.63, 3.8) is 0 Å². The zero-order valence-electron chi connectivity index (χ0n) is 17.6. The van der Waals surface area contributed by atoms with Crippen molar-refractivity contribution in [2.75, 3.05) is 41.4 Å². The minimum Gasteiger partial charge on any atom is -0.616 e. The molecule has 10 heteroatoms. The van der Waals surface area contributed by atoms with Crippen molar-refractivity contribution in [2.45, 2.75) is 30.2 Å². The molecule has 3 heterocycles. The predicted molar refractivity (Wildman–Crippen MR) is 126 cm³/mol. The quantitative estimate of drug-likeness (QED) is 0.313. The van der Waals surface area contributed by atoms with Gasteiger partial charge >= 0.3 is 0 Å². The minimum absolute atomic E-state index is 0.0622. The SMILES string of the molecule is CC(C)(CO)Nc1nc(N2CC[S+]([O-])CC2)c2ncnc(SCc3ccccc3)c2n1. The largest absolute Gasteiger partial charge is 0.616 e. The van der Waals surface area contributed by atoms with Crippen LogP contribution in [0.1, 0.15) is 19.4 Å². The zero-order valence-corrected chi connectivity index (χ0v) is 19.2. The van der Waals surface area contributed by atoms with Crippen LogP contribution in [0.4, 0.5) is 11.8 Å². The highest BCUT2D eigenvalue weighted by molar-refractivity contribution is 7.98. The average Bonchev–Trinajstić information content (AvgIpc) is 2.78. The number of aliphatic hydroxyl groups excluding tert-OH is 1. The molecule has 164 valence electrons. The van der Waals surface area contributed by atoms with Crippen LogP contribution in [0.5, 0.6) is 0 Å². The maximum atomic E-state index is 11.9. The Balaban J connectivity index is 1.73. The van der Waals surface area contributed by atoms with Crippen LogP contribution in [0.3, 0.4) is 0 Å². The van der Waals surface area contributed by atoms with Crippen molar-refractivity contribution < 1.29 is 9.66 Å². The monoisotopic (exact) mass is 458 g/mol. The van der Waals surface area contributed by atoms with E-state index in [9.17, 15) is 9.66 Å². The molecule has 4 rings (SSSR count). The van der Waals surface area contributed by atoms with E-state index in [4.69, 9.17) is 9.97 Å². The van der Waals surface area contributed by atoms with Gasteiger partial charge in [-0.15, -0.1) is 0 Å². The molecule has 1 fully saturated rings. The Kier molecular flexibility index (Phi) is 6.80. The number of thioether (sulfide) groups is 1. The molecule has 0 unspecified atom stereocenters. The molecule has 1 aliphatic rings. The van der Waals surface area contributed by atoms with Crippen LogP contribution in [-0.2, 0) is 16.9 Å². The van der Waals surface area contributed by atoms with Crippen LogP contribution in [0, 0.1) is 0 Å². The van der Waals surface area contributed by atoms with E-state index in [2.05, 4.69) is 32.3 Å². The molecule has 0 saturated carbocycles. The second-order valence-corrected chi connectivity index (χ2v) is 10.7. The number of hydrogen-bond donors (Lipinski definition) is 2. The van der Waals surface area contributed by atoms with E-state index >= 15 is 0 Å². The van der Waals surface area contributed by atoms with Gasteiger partial charge in [0.05, 0.1) is 25.2 Å². The van der Waals surface area contributed by atoms with E-state index in [1.54, 1.807) is 18.1 Å². The summed E-state index contributed by atoms with van der Waals surface area (Å²) in [6.45, 7) is 5.01. The number of aromatic nitrogens is 4. The fourth-order valence-corrected chi connectivity index (χ4v) is 5.16. The van der Waals surface area contributed by atoms with Crippen molar-refractivity contribution in [2.24, 2.45) is 0 Å². The van der Waals surface area contributed by atoms with Gasteiger partial charge in [-0.25, -0.2) is 15.0 Å². The van der Waals surface area contributed by atoms with Gasteiger partial charge in [-0.2, -0.15) is 4.98 Å². The van der Waals surface area contributed by atoms with Gasteiger partial charge in [-0.1, -0.05) is 53.3 Å². The lowest BCUT2D eigenvalue weighted by atomic mass is 10.1. The van der Waals surface area contributed by atoms with Gasteiger partial charge in [0, 0.05) is 5.75 Å². The van der Waals surface area contributed by atoms with Crippen LogP contribution in [0.25, 0.3) is 11.0 Å². The number of hydrogen-bond acceptors (Lipinski definition) is 9. The second kappa shape index (κ2) is 9.56. The maximum Gasteiger partial charge on any atom is 0.225 e. The lowest BCUT2D eigenvalue weighted by Crippen LogP contribution is -2.41.